The van der Waals surface area contributed by atoms with Crippen molar-refractivity contribution in [2.45, 2.75) is 13.5 Å². The van der Waals surface area contributed by atoms with Crippen molar-refractivity contribution in [3.8, 4) is 11.8 Å². The van der Waals surface area contributed by atoms with Crippen LogP contribution in [-0.2, 0) is 6.54 Å². The lowest BCUT2D eigenvalue weighted by atomic mass is 10.2. The van der Waals surface area contributed by atoms with Gasteiger partial charge in [-0.25, -0.2) is 0 Å². The fourth-order valence-corrected chi connectivity index (χ4v) is 2.39. The zero-order valence-electron chi connectivity index (χ0n) is 10.3. The topological polar surface area (TPSA) is 75.4 Å². The SMILES string of the molecule is Cc1cc(C(=O)NCc2ccon2)sc1C#CCO. The lowest BCUT2D eigenvalue weighted by Gasteiger charge is -1.99. The molecule has 6 heteroatoms. The van der Waals surface area contributed by atoms with E-state index in [0.717, 1.165) is 10.4 Å². The molecule has 2 N–H and O–H groups in total. The number of rotatable bonds is 3. The van der Waals surface area contributed by atoms with Gasteiger partial charge in [0.15, 0.2) is 0 Å². The maximum absolute atomic E-state index is 11.9. The number of carbonyl (C=O) groups is 1. The number of amides is 1. The molecule has 0 bridgehead atoms. The Kier molecular flexibility index (Phi) is 4.34. The molecule has 0 atom stereocenters. The predicted molar refractivity (Wildman–Crippen MR) is 70.7 cm³/mol. The van der Waals surface area contributed by atoms with E-state index < -0.39 is 0 Å². The second kappa shape index (κ2) is 6.18. The van der Waals surface area contributed by atoms with E-state index in [9.17, 15) is 4.79 Å². The van der Waals surface area contributed by atoms with E-state index in [4.69, 9.17) is 5.11 Å². The monoisotopic (exact) mass is 276 g/mol. The molecule has 98 valence electrons. The summed E-state index contributed by atoms with van der Waals surface area (Å²) in [6.07, 6.45) is 1.46. The molecule has 2 aromatic heterocycles. The Labute approximate surface area is 114 Å². The molecule has 2 rings (SSSR count). The minimum absolute atomic E-state index is 0.173. The van der Waals surface area contributed by atoms with Crippen LogP contribution in [0.5, 0.6) is 0 Å². The normalized spacial score (nSPS) is 9.79. The molecule has 0 aliphatic rings. The van der Waals surface area contributed by atoms with Gasteiger partial charge in [-0.2, -0.15) is 0 Å². The largest absolute Gasteiger partial charge is 0.384 e. The first-order valence-electron chi connectivity index (χ1n) is 5.58. The van der Waals surface area contributed by atoms with Gasteiger partial charge in [0.2, 0.25) is 0 Å². The van der Waals surface area contributed by atoms with E-state index in [0.29, 0.717) is 17.1 Å². The molecular weight excluding hydrogens is 264 g/mol. The second-order valence-electron chi connectivity index (χ2n) is 3.76. The van der Waals surface area contributed by atoms with Crippen molar-refractivity contribution in [2.75, 3.05) is 6.61 Å². The molecule has 0 fully saturated rings. The Bertz CT molecular complexity index is 620. The highest BCUT2D eigenvalue weighted by atomic mass is 32.1. The third-order valence-electron chi connectivity index (χ3n) is 2.34. The summed E-state index contributed by atoms with van der Waals surface area (Å²) in [4.78, 5) is 13.3. The summed E-state index contributed by atoms with van der Waals surface area (Å²) in [5.74, 6) is 5.22. The molecule has 0 saturated heterocycles. The van der Waals surface area contributed by atoms with Gasteiger partial charge in [0.1, 0.15) is 18.6 Å². The maximum atomic E-state index is 11.9. The van der Waals surface area contributed by atoms with Crippen molar-refractivity contribution in [2.24, 2.45) is 0 Å². The summed E-state index contributed by atoms with van der Waals surface area (Å²) in [7, 11) is 0. The molecule has 2 aromatic rings. The van der Waals surface area contributed by atoms with Crippen LogP contribution in [0.15, 0.2) is 22.9 Å². The molecule has 0 radical (unpaired) electrons. The number of carbonyl (C=O) groups excluding carboxylic acids is 1. The van der Waals surface area contributed by atoms with Crippen molar-refractivity contribution in [1.29, 1.82) is 0 Å². The van der Waals surface area contributed by atoms with Crippen molar-refractivity contribution >= 4 is 17.2 Å². The first kappa shape index (κ1) is 13.3. The highest BCUT2D eigenvalue weighted by Crippen LogP contribution is 2.20. The van der Waals surface area contributed by atoms with Gasteiger partial charge in [-0.15, -0.1) is 11.3 Å². The fraction of sp³-hybridized carbons (Fsp3) is 0.231. The van der Waals surface area contributed by atoms with Crippen LogP contribution in [0.1, 0.15) is 25.8 Å². The zero-order valence-corrected chi connectivity index (χ0v) is 11.1. The van der Waals surface area contributed by atoms with Gasteiger partial charge < -0.3 is 14.9 Å². The van der Waals surface area contributed by atoms with Gasteiger partial charge in [-0.3, -0.25) is 4.79 Å². The number of hydrogen-bond acceptors (Lipinski definition) is 5. The molecular formula is C13H12N2O3S. The van der Waals surface area contributed by atoms with Crippen LogP contribution >= 0.6 is 11.3 Å². The smallest absolute Gasteiger partial charge is 0.261 e. The van der Waals surface area contributed by atoms with Gasteiger partial charge in [0, 0.05) is 6.07 Å². The summed E-state index contributed by atoms with van der Waals surface area (Å²) in [6.45, 7) is 2.02. The highest BCUT2D eigenvalue weighted by molar-refractivity contribution is 7.14. The molecule has 19 heavy (non-hydrogen) atoms. The van der Waals surface area contributed by atoms with Crippen LogP contribution < -0.4 is 5.32 Å². The van der Waals surface area contributed by atoms with E-state index >= 15 is 0 Å². The van der Waals surface area contributed by atoms with Crippen molar-refractivity contribution in [1.82, 2.24) is 10.5 Å². The number of thiophene rings is 1. The van der Waals surface area contributed by atoms with Crippen LogP contribution in [0.4, 0.5) is 0 Å². The Hall–Kier alpha value is -2.10. The van der Waals surface area contributed by atoms with Gasteiger partial charge in [-0.1, -0.05) is 17.0 Å². The zero-order chi connectivity index (χ0) is 13.7. The number of aromatic nitrogens is 1. The van der Waals surface area contributed by atoms with Gasteiger partial charge in [-0.05, 0) is 18.6 Å². The van der Waals surface area contributed by atoms with E-state index in [-0.39, 0.29) is 12.5 Å². The average Bonchev–Trinajstić information content (AvgIpc) is 3.03. The van der Waals surface area contributed by atoms with Crippen LogP contribution in [0.2, 0.25) is 0 Å². The average molecular weight is 276 g/mol. The van der Waals surface area contributed by atoms with Gasteiger partial charge in [0.25, 0.3) is 5.91 Å². The summed E-state index contributed by atoms with van der Waals surface area (Å²) in [5, 5.41) is 15.1. The first-order chi connectivity index (χ1) is 9.20. The van der Waals surface area contributed by atoms with E-state index in [1.165, 1.54) is 17.6 Å². The minimum atomic E-state index is -0.189. The number of hydrogen-bond donors (Lipinski definition) is 2. The van der Waals surface area contributed by atoms with Gasteiger partial charge in [0.05, 0.1) is 16.3 Å². The molecule has 0 saturated carbocycles. The summed E-state index contributed by atoms with van der Waals surface area (Å²) in [6, 6.07) is 3.47. The van der Waals surface area contributed by atoms with Crippen molar-refractivity contribution < 1.29 is 14.4 Å². The quantitative estimate of drug-likeness (QED) is 0.829. The van der Waals surface area contributed by atoms with E-state index in [1.807, 2.05) is 6.92 Å². The summed E-state index contributed by atoms with van der Waals surface area (Å²) >= 11 is 1.30. The van der Waals surface area contributed by atoms with Crippen molar-refractivity contribution in [3.63, 3.8) is 0 Å². The third-order valence-corrected chi connectivity index (χ3v) is 3.50. The van der Waals surface area contributed by atoms with Crippen LogP contribution in [-0.4, -0.2) is 22.8 Å². The third kappa shape index (κ3) is 3.44. The Morgan fingerprint density at radius 2 is 2.47 bits per heavy atom. The first-order valence-corrected chi connectivity index (χ1v) is 6.40. The Morgan fingerprint density at radius 1 is 1.63 bits per heavy atom. The molecule has 0 spiro atoms. The Morgan fingerprint density at radius 3 is 3.16 bits per heavy atom. The molecule has 2 heterocycles. The number of aliphatic hydroxyl groups excluding tert-OH is 1. The highest BCUT2D eigenvalue weighted by Gasteiger charge is 2.11. The minimum Gasteiger partial charge on any atom is -0.384 e. The van der Waals surface area contributed by atoms with E-state index in [1.54, 1.807) is 12.1 Å². The van der Waals surface area contributed by atoms with Gasteiger partial charge >= 0.3 is 0 Å². The fourth-order valence-electron chi connectivity index (χ4n) is 1.42. The number of aliphatic hydroxyl groups is 1. The number of nitrogens with zero attached hydrogens (tertiary/aromatic N) is 1. The predicted octanol–water partition coefficient (Wildman–Crippen LogP) is 1.32. The van der Waals surface area contributed by atoms with Crippen LogP contribution in [0, 0.1) is 18.8 Å². The molecule has 0 aliphatic heterocycles. The lowest BCUT2D eigenvalue weighted by molar-refractivity contribution is 0.0954. The van der Waals surface area contributed by atoms with Crippen molar-refractivity contribution in [3.05, 3.63) is 39.4 Å². The summed E-state index contributed by atoms with van der Waals surface area (Å²) in [5.41, 5.74) is 1.60. The van der Waals surface area contributed by atoms with E-state index in [2.05, 4.69) is 26.8 Å². The molecule has 5 nitrogen and oxygen atoms in total. The molecule has 0 unspecified atom stereocenters. The standard InChI is InChI=1S/C13H12N2O3S/c1-9-7-12(19-11(9)3-2-5-16)13(17)14-8-10-4-6-18-15-10/h4,6-7,16H,5,8H2,1H3,(H,14,17). The summed E-state index contributed by atoms with van der Waals surface area (Å²) < 4.78 is 4.68. The lowest BCUT2D eigenvalue weighted by Crippen LogP contribution is -2.21. The molecule has 0 aromatic carbocycles. The molecule has 1 amide bonds. The van der Waals surface area contributed by atoms with Crippen LogP contribution in [0.25, 0.3) is 0 Å². The number of nitrogens with one attached hydrogen (secondary N) is 1. The Balaban J connectivity index is 2.03. The second-order valence-corrected chi connectivity index (χ2v) is 4.81. The maximum Gasteiger partial charge on any atom is 0.261 e. The molecule has 0 aliphatic carbocycles. The number of aryl methyl sites for hydroxylation is 1. The van der Waals surface area contributed by atoms with Crippen LogP contribution in [0.3, 0.4) is 0 Å².